The van der Waals surface area contributed by atoms with Gasteiger partial charge in [-0.25, -0.2) is 13.9 Å². The standard InChI is InChI=1S/C81H118N16O34/c82-71(104)49-81(56-126-28-4-1-7-59(98)50-120-43-40-117-34-25-86-72(105)19-10-62(101)53-123-46-37-114-31-22-83-65-13-16-68(95(108)109)78-75(65)89-129-92-78,57-127-29-5-2-8-60(99)51-121-44-41-118-35-26-87-73(106)20-11-63(102)54-124-47-38-115-32-23-84-66-14-17-69(96(110)111)79-76(66)90-130-93-79)58-128-30-6-3-9-61(100)52-122-45-42-119-36-27-88-74(107)21-12-64(103)55-125-48-39-116-33-24-85-67-15-18-70(97(112)113)80-77(67)91-131-94-80/h13-18,83-85H,1-12,19-58H2,(H2,82,104)(H,86,105)(H,87,106)(H,88,107). The summed E-state index contributed by atoms with van der Waals surface area (Å²) in [5, 5.41) is 72.7. The van der Waals surface area contributed by atoms with E-state index < -0.39 is 26.1 Å². The topological polar surface area (TPSA) is 654 Å². The van der Waals surface area contributed by atoms with Crippen LogP contribution in [-0.4, -0.2) is 342 Å². The number of nitro groups is 3. The third kappa shape index (κ3) is 46.9. The molecule has 0 atom stereocenters. The zero-order valence-corrected chi connectivity index (χ0v) is 73.2. The molecule has 4 amide bonds. The molecule has 0 radical (unpaired) electrons. The zero-order chi connectivity index (χ0) is 94.2. The maximum absolute atomic E-state index is 12.7. The Morgan fingerprint density at radius 3 is 0.779 bits per heavy atom. The summed E-state index contributed by atoms with van der Waals surface area (Å²) in [4.78, 5) is 156. The fourth-order valence-electron chi connectivity index (χ4n) is 12.0. The van der Waals surface area contributed by atoms with E-state index in [9.17, 15) is 78.3 Å². The number of nitrogens with one attached hydrogen (secondary N) is 6. The Hall–Kier alpha value is -11.2. The van der Waals surface area contributed by atoms with Crippen LogP contribution >= 0.6 is 0 Å². The van der Waals surface area contributed by atoms with Crippen molar-refractivity contribution in [3.05, 3.63) is 66.7 Å². The van der Waals surface area contributed by atoms with Crippen molar-refractivity contribution < 1.29 is 148 Å². The molecule has 0 unspecified atom stereocenters. The van der Waals surface area contributed by atoms with Crippen LogP contribution in [0.4, 0.5) is 34.1 Å². The number of amides is 4. The van der Waals surface area contributed by atoms with Gasteiger partial charge in [0, 0.05) is 147 Å². The summed E-state index contributed by atoms with van der Waals surface area (Å²) in [7, 11) is 0. The lowest BCUT2D eigenvalue weighted by molar-refractivity contribution is -0.383. The molecule has 6 aromatic rings. The fourth-order valence-corrected chi connectivity index (χ4v) is 12.0. The Morgan fingerprint density at radius 1 is 0.290 bits per heavy atom. The third-order valence-corrected chi connectivity index (χ3v) is 18.6. The number of carbonyl (C=O) groups is 10. The number of hydrogen-bond acceptors (Lipinski definition) is 43. The van der Waals surface area contributed by atoms with Crippen molar-refractivity contribution in [2.45, 2.75) is 103 Å². The number of primary amides is 1. The van der Waals surface area contributed by atoms with Crippen molar-refractivity contribution in [2.75, 3.05) is 253 Å². The van der Waals surface area contributed by atoms with Gasteiger partial charge in [0.25, 0.3) is 0 Å². The first-order chi connectivity index (χ1) is 63.6. The molecule has 8 N–H and O–H groups in total. The van der Waals surface area contributed by atoms with E-state index in [-0.39, 0.29) is 385 Å². The molecule has 0 saturated carbocycles. The normalized spacial score (nSPS) is 11.5. The van der Waals surface area contributed by atoms with Gasteiger partial charge in [0.15, 0.2) is 51.2 Å². The molecule has 3 heterocycles. The number of anilines is 3. The van der Waals surface area contributed by atoms with Crippen molar-refractivity contribution in [3.8, 4) is 0 Å². The van der Waals surface area contributed by atoms with Crippen LogP contribution in [0.1, 0.15) is 103 Å². The predicted octanol–water partition coefficient (Wildman–Crippen LogP) is 3.38. The molecule has 3 aromatic heterocycles. The number of benzene rings is 3. The smallest absolute Gasteiger partial charge is 0.300 e. The number of unbranched alkanes of at least 4 members (excludes halogenated alkanes) is 3. The zero-order valence-electron chi connectivity index (χ0n) is 73.2. The molecule has 0 fully saturated rings. The van der Waals surface area contributed by atoms with E-state index in [0.29, 0.717) is 75.2 Å². The van der Waals surface area contributed by atoms with E-state index in [1.807, 2.05) is 0 Å². The summed E-state index contributed by atoms with van der Waals surface area (Å²) in [5.74, 6) is -2.86. The number of non-ortho nitro benzene ring substituents is 3. The van der Waals surface area contributed by atoms with Gasteiger partial charge < -0.3 is 109 Å². The summed E-state index contributed by atoms with van der Waals surface area (Å²) in [6.07, 6.45) is 3.17. The van der Waals surface area contributed by atoms with Crippen LogP contribution in [0.15, 0.2) is 50.3 Å². The van der Waals surface area contributed by atoms with E-state index in [1.165, 1.54) is 36.4 Å². The number of Topliss-reactive ketones (excluding diaryl/α,β-unsaturated/α-hetero) is 6. The van der Waals surface area contributed by atoms with Gasteiger partial charge in [-0.2, -0.15) is 0 Å². The van der Waals surface area contributed by atoms with E-state index >= 15 is 0 Å². The van der Waals surface area contributed by atoms with Crippen LogP contribution in [0, 0.1) is 35.8 Å². The number of ether oxygens (including phenoxy) is 15. The van der Waals surface area contributed by atoms with Gasteiger partial charge in [-0.3, -0.25) is 78.3 Å². The summed E-state index contributed by atoms with van der Waals surface area (Å²) in [6.45, 7) is 4.42. The second kappa shape index (κ2) is 66.2. The molecule has 0 spiro atoms. The summed E-state index contributed by atoms with van der Waals surface area (Å²) >= 11 is 0. The Kier molecular flexibility index (Phi) is 54.8. The molecule has 726 valence electrons. The molecule has 0 saturated heterocycles. The minimum absolute atomic E-state index is 0.0117. The molecular weight excluding hydrogens is 1740 g/mol. The molecule has 50 nitrogen and oxygen atoms in total. The predicted molar refractivity (Wildman–Crippen MR) is 458 cm³/mol. The van der Waals surface area contributed by atoms with Crippen LogP contribution in [0.25, 0.3) is 33.1 Å². The number of aromatic nitrogens is 6. The Bertz CT molecular complexity index is 4040. The molecule has 0 aliphatic rings. The lowest BCUT2D eigenvalue weighted by Gasteiger charge is -2.32. The van der Waals surface area contributed by atoms with Gasteiger partial charge >= 0.3 is 17.1 Å². The molecule has 0 bridgehead atoms. The van der Waals surface area contributed by atoms with Crippen molar-refractivity contribution >= 4 is 126 Å². The van der Waals surface area contributed by atoms with E-state index in [1.54, 1.807) is 0 Å². The minimum atomic E-state index is -1.02. The monoisotopic (exact) mass is 1860 g/mol. The maximum atomic E-state index is 12.7. The van der Waals surface area contributed by atoms with Gasteiger partial charge in [-0.15, -0.1) is 0 Å². The second-order valence-electron chi connectivity index (χ2n) is 29.3. The van der Waals surface area contributed by atoms with Gasteiger partial charge in [0.05, 0.1) is 171 Å². The van der Waals surface area contributed by atoms with Crippen molar-refractivity contribution in [1.82, 2.24) is 46.9 Å². The highest BCUT2D eigenvalue weighted by Crippen LogP contribution is 2.32. The molecule has 131 heavy (non-hydrogen) atoms. The maximum Gasteiger partial charge on any atom is 0.300 e. The van der Waals surface area contributed by atoms with Gasteiger partial charge in [-0.05, 0) is 87.7 Å². The lowest BCUT2D eigenvalue weighted by atomic mass is 9.86. The quantitative estimate of drug-likeness (QED) is 0.0163. The van der Waals surface area contributed by atoms with Crippen LogP contribution in [0.5, 0.6) is 0 Å². The molecule has 0 aliphatic heterocycles. The average Bonchev–Trinajstić information content (AvgIpc) is 1.69. The van der Waals surface area contributed by atoms with Gasteiger partial charge in [-0.1, -0.05) is 0 Å². The van der Waals surface area contributed by atoms with Crippen molar-refractivity contribution in [2.24, 2.45) is 11.1 Å². The average molecular weight is 1860 g/mol. The SMILES string of the molecule is NC(=O)CC(COCCCCC(=O)COCCOCCNC(=O)CCC(=O)COCCOCCNc1ccc([N+](=O)[O-])c2nonc12)(COCCCCC(=O)COCCOCCNC(=O)CCC(=O)COCCOCCNc1ccc([N+](=O)[O-])c2nonc12)COCCCCC(=O)COCCOCCNC(=O)CCC(=O)COCCOCCNc1ccc([N+](=O)[O-])c2nonc12. The summed E-state index contributed by atoms with van der Waals surface area (Å²) < 4.78 is 97.8. The number of nitro benzene ring substituents is 3. The lowest BCUT2D eigenvalue weighted by Crippen LogP contribution is -2.41. The number of hydrogen-bond donors (Lipinski definition) is 7. The van der Waals surface area contributed by atoms with Crippen LogP contribution in [0.3, 0.4) is 0 Å². The molecular formula is C81H118N16O34. The first-order valence-corrected chi connectivity index (χ1v) is 42.9. The van der Waals surface area contributed by atoms with E-state index in [2.05, 4.69) is 76.7 Å². The highest BCUT2D eigenvalue weighted by molar-refractivity contribution is 5.95. The second-order valence-corrected chi connectivity index (χ2v) is 29.3. The Balaban J connectivity index is 0.763. The Labute approximate surface area is 751 Å². The van der Waals surface area contributed by atoms with Gasteiger partial charge in [0.2, 0.25) is 40.2 Å². The van der Waals surface area contributed by atoms with Crippen molar-refractivity contribution in [1.29, 1.82) is 0 Å². The molecule has 50 heteroatoms. The first kappa shape index (κ1) is 109. The number of ketones is 6. The minimum Gasteiger partial charge on any atom is -0.381 e. The number of nitrogens with two attached hydrogens (primary N) is 1. The summed E-state index contributed by atoms with van der Waals surface area (Å²) in [6, 6.07) is 8.36. The van der Waals surface area contributed by atoms with Gasteiger partial charge in [0.1, 0.15) is 39.6 Å². The van der Waals surface area contributed by atoms with Crippen LogP contribution < -0.4 is 37.6 Å². The number of rotatable bonds is 86. The fraction of sp³-hybridized carbons (Fsp3) is 0.654. The highest BCUT2D eigenvalue weighted by Gasteiger charge is 2.34. The molecule has 0 aliphatic carbocycles. The largest absolute Gasteiger partial charge is 0.381 e. The highest BCUT2D eigenvalue weighted by atomic mass is 16.6. The summed E-state index contributed by atoms with van der Waals surface area (Å²) in [5.41, 5.74) is 6.24. The first-order valence-electron chi connectivity index (χ1n) is 42.9. The number of carbonyl (C=O) groups excluding carboxylic acids is 10. The number of nitrogens with zero attached hydrogens (tertiary/aromatic N) is 9. The van der Waals surface area contributed by atoms with Crippen LogP contribution in [0.2, 0.25) is 0 Å². The molecule has 6 rings (SSSR count). The molecule has 3 aromatic carbocycles. The Morgan fingerprint density at radius 2 is 0.527 bits per heavy atom. The van der Waals surface area contributed by atoms with E-state index in [4.69, 9.17) is 76.8 Å². The third-order valence-electron chi connectivity index (χ3n) is 18.6. The van der Waals surface area contributed by atoms with E-state index in [0.717, 1.165) is 0 Å². The van der Waals surface area contributed by atoms with Crippen LogP contribution in [-0.2, 0) is 119 Å². The number of fused-ring (bicyclic) bond motifs is 3. The van der Waals surface area contributed by atoms with Crippen molar-refractivity contribution in [3.63, 3.8) is 0 Å².